The highest BCUT2D eigenvalue weighted by Gasteiger charge is 2.21. The first-order valence-electron chi connectivity index (χ1n) is 7.41. The topological polar surface area (TPSA) is 76.2 Å². The van der Waals surface area contributed by atoms with Crippen molar-refractivity contribution in [2.45, 2.75) is 39.3 Å². The Bertz CT molecular complexity index is 668. The highest BCUT2D eigenvalue weighted by Crippen LogP contribution is 2.23. The maximum atomic E-state index is 12.1. The number of fused-ring (bicyclic) bond motifs is 1. The van der Waals surface area contributed by atoms with Gasteiger partial charge in [-0.15, -0.1) is 0 Å². The van der Waals surface area contributed by atoms with Gasteiger partial charge in [-0.1, -0.05) is 25.9 Å². The molecule has 0 fully saturated rings. The van der Waals surface area contributed by atoms with Gasteiger partial charge in [-0.05, 0) is 0 Å². The molecule has 1 aliphatic rings. The van der Waals surface area contributed by atoms with Crippen LogP contribution in [-0.2, 0) is 23.3 Å². The van der Waals surface area contributed by atoms with E-state index in [2.05, 4.69) is 24.9 Å². The summed E-state index contributed by atoms with van der Waals surface area (Å²) in [7, 11) is 0. The van der Waals surface area contributed by atoms with Crippen molar-refractivity contribution in [3.05, 3.63) is 30.0 Å². The van der Waals surface area contributed by atoms with E-state index in [1.54, 1.807) is 12.3 Å². The van der Waals surface area contributed by atoms with Gasteiger partial charge in [-0.3, -0.25) is 15.0 Å². The van der Waals surface area contributed by atoms with Crippen molar-refractivity contribution in [2.75, 3.05) is 18.4 Å². The number of hydrogen-bond acceptors (Lipinski definition) is 5. The van der Waals surface area contributed by atoms with Crippen molar-refractivity contribution in [2.24, 2.45) is 0 Å². The average Bonchev–Trinajstić information content (AvgIpc) is 3.05. The monoisotopic (exact) mass is 303 g/mol. The maximum absolute atomic E-state index is 12.1. The molecule has 0 aliphatic carbocycles. The Labute approximate surface area is 129 Å². The van der Waals surface area contributed by atoms with Crippen molar-refractivity contribution in [1.82, 2.24) is 19.6 Å². The maximum Gasteiger partial charge on any atom is 0.240 e. The van der Waals surface area contributed by atoms with Crippen LogP contribution in [0.2, 0.25) is 0 Å². The highest BCUT2D eigenvalue weighted by molar-refractivity contribution is 5.91. The molecule has 0 atom stereocenters. The number of amides is 1. The summed E-state index contributed by atoms with van der Waals surface area (Å²) in [5.74, 6) is 1.29. The van der Waals surface area contributed by atoms with Gasteiger partial charge in [0.15, 0.2) is 0 Å². The third-order valence-electron chi connectivity index (χ3n) is 3.73. The number of carbonyl (C=O) groups is 1. The quantitative estimate of drug-likeness (QED) is 0.932. The summed E-state index contributed by atoms with van der Waals surface area (Å²) >= 11 is 0. The minimum atomic E-state index is -0.101. The summed E-state index contributed by atoms with van der Waals surface area (Å²) < 4.78 is 7.29. The molecule has 2 aromatic heterocycles. The molecule has 0 radical (unpaired) electrons. The third kappa shape index (κ3) is 3.19. The van der Waals surface area contributed by atoms with Crippen LogP contribution in [0.4, 0.5) is 5.88 Å². The van der Waals surface area contributed by atoms with Gasteiger partial charge in [0.25, 0.3) is 0 Å². The van der Waals surface area contributed by atoms with E-state index in [0.29, 0.717) is 19.0 Å². The first-order valence-corrected chi connectivity index (χ1v) is 7.41. The van der Waals surface area contributed by atoms with Gasteiger partial charge in [0.1, 0.15) is 5.82 Å². The smallest absolute Gasteiger partial charge is 0.240 e. The predicted molar refractivity (Wildman–Crippen MR) is 81.3 cm³/mol. The van der Waals surface area contributed by atoms with Crippen LogP contribution in [0.15, 0.2) is 23.0 Å². The molecule has 1 N–H and O–H groups in total. The second-order valence-corrected chi connectivity index (χ2v) is 6.62. The Hall–Kier alpha value is -2.15. The summed E-state index contributed by atoms with van der Waals surface area (Å²) in [4.78, 5) is 18.5. The average molecular weight is 303 g/mol. The molecule has 2 aromatic rings. The van der Waals surface area contributed by atoms with Crippen LogP contribution in [-0.4, -0.2) is 38.6 Å². The second-order valence-electron chi connectivity index (χ2n) is 6.62. The summed E-state index contributed by atoms with van der Waals surface area (Å²) in [5.41, 5.74) is 0.721. The Morgan fingerprint density at radius 2 is 2.23 bits per heavy atom. The largest absolute Gasteiger partial charge is 0.338 e. The fourth-order valence-corrected chi connectivity index (χ4v) is 2.43. The number of aromatic nitrogens is 3. The summed E-state index contributed by atoms with van der Waals surface area (Å²) in [6.45, 7) is 8.84. The molecular weight excluding hydrogens is 282 g/mol. The molecule has 7 nitrogen and oxygen atoms in total. The van der Waals surface area contributed by atoms with Crippen LogP contribution in [0.3, 0.4) is 0 Å². The lowest BCUT2D eigenvalue weighted by Crippen LogP contribution is -2.39. The standard InChI is InChI=1S/C15H21N5O2/c1-15(2,3)11-8-14(22-18-11)17-13(21)10-19-6-7-20-5-4-16-12(20)9-19/h4-5,8H,6-7,9-10H2,1-3H3,(H,17,21). The number of carbonyl (C=O) groups excluding carboxylic acids is 1. The van der Waals surface area contributed by atoms with Crippen molar-refractivity contribution in [3.8, 4) is 0 Å². The van der Waals surface area contributed by atoms with Crippen molar-refractivity contribution in [3.63, 3.8) is 0 Å². The Morgan fingerprint density at radius 3 is 2.95 bits per heavy atom. The first kappa shape index (κ1) is 14.8. The summed E-state index contributed by atoms with van der Waals surface area (Å²) in [5, 5.41) is 6.76. The van der Waals surface area contributed by atoms with Gasteiger partial charge in [-0.2, -0.15) is 0 Å². The van der Waals surface area contributed by atoms with E-state index in [1.165, 1.54) is 0 Å². The zero-order chi connectivity index (χ0) is 15.7. The molecule has 0 unspecified atom stereocenters. The van der Waals surface area contributed by atoms with E-state index < -0.39 is 0 Å². The fourth-order valence-electron chi connectivity index (χ4n) is 2.43. The number of nitrogens with zero attached hydrogens (tertiary/aromatic N) is 4. The van der Waals surface area contributed by atoms with E-state index in [-0.39, 0.29) is 11.3 Å². The van der Waals surface area contributed by atoms with Crippen LogP contribution < -0.4 is 5.32 Å². The minimum Gasteiger partial charge on any atom is -0.338 e. The van der Waals surface area contributed by atoms with E-state index in [0.717, 1.165) is 24.6 Å². The lowest BCUT2D eigenvalue weighted by molar-refractivity contribution is -0.117. The van der Waals surface area contributed by atoms with E-state index in [9.17, 15) is 4.79 Å². The van der Waals surface area contributed by atoms with E-state index in [4.69, 9.17) is 4.52 Å². The molecule has 7 heteroatoms. The van der Waals surface area contributed by atoms with Gasteiger partial charge in [-0.25, -0.2) is 4.98 Å². The predicted octanol–water partition coefficient (Wildman–Crippen LogP) is 1.62. The van der Waals surface area contributed by atoms with E-state index in [1.807, 2.05) is 27.0 Å². The number of anilines is 1. The molecule has 0 saturated heterocycles. The first-order chi connectivity index (χ1) is 10.4. The number of nitrogens with one attached hydrogen (secondary N) is 1. The normalized spacial score (nSPS) is 15.6. The third-order valence-corrected chi connectivity index (χ3v) is 3.73. The van der Waals surface area contributed by atoms with Crippen LogP contribution >= 0.6 is 0 Å². The zero-order valence-corrected chi connectivity index (χ0v) is 13.2. The molecule has 0 bridgehead atoms. The number of rotatable bonds is 3. The Morgan fingerprint density at radius 1 is 1.41 bits per heavy atom. The van der Waals surface area contributed by atoms with Crippen molar-refractivity contribution < 1.29 is 9.32 Å². The SMILES string of the molecule is CC(C)(C)c1cc(NC(=O)CN2CCn3ccnc3C2)on1. The van der Waals surface area contributed by atoms with Gasteiger partial charge in [0.05, 0.1) is 18.8 Å². The summed E-state index contributed by atoms with van der Waals surface area (Å²) in [6.07, 6.45) is 3.76. The van der Waals surface area contributed by atoms with Gasteiger partial charge >= 0.3 is 0 Å². The van der Waals surface area contributed by atoms with Crippen molar-refractivity contribution >= 4 is 11.8 Å². The van der Waals surface area contributed by atoms with Crippen LogP contribution in [0.5, 0.6) is 0 Å². The molecule has 1 amide bonds. The zero-order valence-electron chi connectivity index (χ0n) is 13.2. The number of hydrogen-bond donors (Lipinski definition) is 1. The Balaban J connectivity index is 1.56. The molecule has 0 saturated carbocycles. The molecule has 0 aromatic carbocycles. The van der Waals surface area contributed by atoms with Gasteiger partial charge in [0.2, 0.25) is 11.8 Å². The van der Waals surface area contributed by atoms with Crippen molar-refractivity contribution in [1.29, 1.82) is 0 Å². The van der Waals surface area contributed by atoms with Crippen LogP contribution in [0, 0.1) is 0 Å². The molecule has 118 valence electrons. The molecule has 3 rings (SSSR count). The van der Waals surface area contributed by atoms with Gasteiger partial charge in [0, 0.05) is 37.0 Å². The molecule has 1 aliphatic heterocycles. The van der Waals surface area contributed by atoms with Crippen LogP contribution in [0.1, 0.15) is 32.3 Å². The van der Waals surface area contributed by atoms with Gasteiger partial charge < -0.3 is 9.09 Å². The summed E-state index contributed by atoms with van der Waals surface area (Å²) in [6, 6.07) is 1.78. The molecule has 0 spiro atoms. The lowest BCUT2D eigenvalue weighted by atomic mass is 9.92. The fraction of sp³-hybridized carbons (Fsp3) is 0.533. The minimum absolute atomic E-state index is 0.100. The van der Waals surface area contributed by atoms with Crippen LogP contribution in [0.25, 0.3) is 0 Å². The molecular formula is C15H21N5O2. The molecule has 3 heterocycles. The van der Waals surface area contributed by atoms with E-state index >= 15 is 0 Å². The number of imidazole rings is 1. The lowest BCUT2D eigenvalue weighted by Gasteiger charge is -2.26. The Kier molecular flexibility index (Phi) is 3.74. The second kappa shape index (κ2) is 5.57. The highest BCUT2D eigenvalue weighted by atomic mass is 16.5. The molecule has 22 heavy (non-hydrogen) atoms.